The predicted molar refractivity (Wildman–Crippen MR) is 74.2 cm³/mol. The number of nitriles is 1. The molecule has 0 saturated heterocycles. The van der Waals surface area contributed by atoms with E-state index in [2.05, 4.69) is 5.32 Å². The normalized spacial score (nSPS) is 9.75. The summed E-state index contributed by atoms with van der Waals surface area (Å²) in [4.78, 5) is 22.1. The number of amides is 1. The summed E-state index contributed by atoms with van der Waals surface area (Å²) in [6.45, 7) is 0.558. The zero-order chi connectivity index (χ0) is 14.8. The molecule has 0 unspecified atom stereocenters. The Morgan fingerprint density at radius 3 is 2.65 bits per heavy atom. The number of benzene rings is 1. The van der Waals surface area contributed by atoms with E-state index in [1.807, 2.05) is 6.07 Å². The number of rotatable bonds is 8. The van der Waals surface area contributed by atoms with Gasteiger partial charge in [-0.2, -0.15) is 5.26 Å². The Kier molecular flexibility index (Phi) is 6.83. The Hall–Kier alpha value is -2.35. The number of hydrogen-bond acceptors (Lipinski definition) is 3. The predicted octanol–water partition coefficient (Wildman–Crippen LogP) is 2.32. The smallest absolute Gasteiger partial charge is 0.303 e. The molecule has 0 aliphatic rings. The molecule has 1 aromatic carbocycles. The van der Waals surface area contributed by atoms with Crippen LogP contribution in [0.1, 0.15) is 48.0 Å². The average Bonchev–Trinajstić information content (AvgIpc) is 2.45. The third kappa shape index (κ3) is 6.01. The summed E-state index contributed by atoms with van der Waals surface area (Å²) >= 11 is 0. The minimum Gasteiger partial charge on any atom is -0.481 e. The molecule has 0 spiro atoms. The maximum Gasteiger partial charge on any atom is 0.303 e. The summed E-state index contributed by atoms with van der Waals surface area (Å²) in [6.07, 6.45) is 3.45. The molecule has 0 heterocycles. The molecule has 20 heavy (non-hydrogen) atoms. The fourth-order valence-corrected chi connectivity index (χ4v) is 1.79. The Morgan fingerprint density at radius 2 is 1.95 bits per heavy atom. The summed E-state index contributed by atoms with van der Waals surface area (Å²) in [6, 6.07) is 8.55. The summed E-state index contributed by atoms with van der Waals surface area (Å²) < 4.78 is 0. The highest BCUT2D eigenvalue weighted by molar-refractivity contribution is 5.94. The molecule has 2 N–H and O–H groups in total. The van der Waals surface area contributed by atoms with Crippen molar-refractivity contribution < 1.29 is 14.7 Å². The first kappa shape index (κ1) is 15.7. The fraction of sp³-hybridized carbons (Fsp3) is 0.400. The van der Waals surface area contributed by atoms with Gasteiger partial charge in [0.05, 0.1) is 11.6 Å². The van der Waals surface area contributed by atoms with E-state index in [1.54, 1.807) is 24.3 Å². The molecular weight excluding hydrogens is 256 g/mol. The van der Waals surface area contributed by atoms with E-state index >= 15 is 0 Å². The molecule has 106 valence electrons. The van der Waals surface area contributed by atoms with Gasteiger partial charge in [0.25, 0.3) is 5.91 Å². The number of carboxylic acids is 1. The van der Waals surface area contributed by atoms with Crippen molar-refractivity contribution in [2.24, 2.45) is 0 Å². The van der Waals surface area contributed by atoms with Gasteiger partial charge >= 0.3 is 5.97 Å². The highest BCUT2D eigenvalue weighted by Gasteiger charge is 2.05. The number of nitrogens with one attached hydrogen (secondary N) is 1. The standard InChI is InChI=1S/C15H18N2O3/c16-11-12-6-5-7-13(10-12)15(20)17-9-4-2-1-3-8-14(18)19/h5-7,10H,1-4,8-9H2,(H,17,20)(H,18,19). The molecule has 0 aliphatic heterocycles. The molecular formula is C15H18N2O3. The minimum absolute atomic E-state index is 0.187. The quantitative estimate of drug-likeness (QED) is 0.712. The number of unbranched alkanes of at least 4 members (excludes halogenated alkanes) is 3. The van der Waals surface area contributed by atoms with Gasteiger partial charge in [0, 0.05) is 18.5 Å². The third-order valence-electron chi connectivity index (χ3n) is 2.86. The number of carbonyl (C=O) groups excluding carboxylic acids is 1. The molecule has 0 saturated carbocycles. The molecule has 5 nitrogen and oxygen atoms in total. The first-order valence-electron chi connectivity index (χ1n) is 6.63. The minimum atomic E-state index is -0.768. The maximum atomic E-state index is 11.8. The van der Waals surface area contributed by atoms with Crippen molar-refractivity contribution in [2.75, 3.05) is 6.54 Å². The zero-order valence-corrected chi connectivity index (χ0v) is 11.3. The second kappa shape index (κ2) is 8.70. The van der Waals surface area contributed by atoms with Crippen LogP contribution in [0.25, 0.3) is 0 Å². The highest BCUT2D eigenvalue weighted by atomic mass is 16.4. The second-order valence-corrected chi connectivity index (χ2v) is 4.51. The van der Waals surface area contributed by atoms with Crippen molar-refractivity contribution >= 4 is 11.9 Å². The van der Waals surface area contributed by atoms with E-state index in [-0.39, 0.29) is 12.3 Å². The number of aliphatic carboxylic acids is 1. The molecule has 0 atom stereocenters. The van der Waals surface area contributed by atoms with Gasteiger partial charge in [0.15, 0.2) is 0 Å². The molecule has 0 aromatic heterocycles. The van der Waals surface area contributed by atoms with Crippen LogP contribution >= 0.6 is 0 Å². The van der Waals surface area contributed by atoms with Crippen LogP contribution in [0.2, 0.25) is 0 Å². The van der Waals surface area contributed by atoms with Crippen LogP contribution in [-0.4, -0.2) is 23.5 Å². The van der Waals surface area contributed by atoms with Gasteiger partial charge < -0.3 is 10.4 Å². The Labute approximate surface area is 118 Å². The Balaban J connectivity index is 2.20. The first-order valence-corrected chi connectivity index (χ1v) is 6.63. The van der Waals surface area contributed by atoms with Crippen LogP contribution in [0.4, 0.5) is 0 Å². The summed E-state index contributed by atoms with van der Waals surface area (Å²) in [7, 11) is 0. The molecule has 0 aliphatic carbocycles. The van der Waals surface area contributed by atoms with Gasteiger partial charge in [0.1, 0.15) is 0 Å². The topological polar surface area (TPSA) is 90.2 Å². The third-order valence-corrected chi connectivity index (χ3v) is 2.86. The number of hydrogen-bond donors (Lipinski definition) is 2. The van der Waals surface area contributed by atoms with Crippen molar-refractivity contribution in [1.29, 1.82) is 5.26 Å². The van der Waals surface area contributed by atoms with E-state index in [4.69, 9.17) is 10.4 Å². The molecule has 0 bridgehead atoms. The van der Waals surface area contributed by atoms with Crippen molar-refractivity contribution in [2.45, 2.75) is 32.1 Å². The lowest BCUT2D eigenvalue weighted by Gasteiger charge is -2.05. The van der Waals surface area contributed by atoms with E-state index in [9.17, 15) is 9.59 Å². The fourth-order valence-electron chi connectivity index (χ4n) is 1.79. The van der Waals surface area contributed by atoms with Crippen LogP contribution in [0.15, 0.2) is 24.3 Å². The number of carboxylic acid groups (broad SMARTS) is 1. The van der Waals surface area contributed by atoms with Gasteiger partial charge in [-0.1, -0.05) is 18.9 Å². The Morgan fingerprint density at radius 1 is 1.20 bits per heavy atom. The lowest BCUT2D eigenvalue weighted by atomic mass is 10.1. The van der Waals surface area contributed by atoms with E-state index in [1.165, 1.54) is 0 Å². The molecule has 1 rings (SSSR count). The van der Waals surface area contributed by atoms with Crippen LogP contribution in [-0.2, 0) is 4.79 Å². The second-order valence-electron chi connectivity index (χ2n) is 4.51. The SMILES string of the molecule is N#Cc1cccc(C(=O)NCCCCCCC(=O)O)c1. The summed E-state index contributed by atoms with van der Waals surface area (Å²) in [5, 5.41) is 20.0. The van der Waals surface area contributed by atoms with E-state index in [0.717, 1.165) is 19.3 Å². The van der Waals surface area contributed by atoms with Crippen molar-refractivity contribution in [3.05, 3.63) is 35.4 Å². The van der Waals surface area contributed by atoms with Crippen molar-refractivity contribution in [3.63, 3.8) is 0 Å². The van der Waals surface area contributed by atoms with Gasteiger partial charge in [-0.3, -0.25) is 9.59 Å². The van der Waals surface area contributed by atoms with Gasteiger partial charge in [0.2, 0.25) is 0 Å². The highest BCUT2D eigenvalue weighted by Crippen LogP contribution is 2.05. The van der Waals surface area contributed by atoms with Crippen molar-refractivity contribution in [1.82, 2.24) is 5.32 Å². The number of carbonyl (C=O) groups is 2. The van der Waals surface area contributed by atoms with Crippen LogP contribution in [0.3, 0.4) is 0 Å². The lowest BCUT2D eigenvalue weighted by Crippen LogP contribution is -2.24. The average molecular weight is 274 g/mol. The summed E-state index contributed by atoms with van der Waals surface area (Å²) in [5.74, 6) is -0.955. The molecule has 0 fully saturated rings. The first-order chi connectivity index (χ1) is 9.63. The summed E-state index contributed by atoms with van der Waals surface area (Å²) in [5.41, 5.74) is 0.946. The van der Waals surface area contributed by atoms with E-state index < -0.39 is 5.97 Å². The van der Waals surface area contributed by atoms with E-state index in [0.29, 0.717) is 24.1 Å². The lowest BCUT2D eigenvalue weighted by molar-refractivity contribution is -0.137. The zero-order valence-electron chi connectivity index (χ0n) is 11.3. The molecule has 5 heteroatoms. The molecule has 1 aromatic rings. The number of nitrogens with zero attached hydrogens (tertiary/aromatic N) is 1. The maximum absolute atomic E-state index is 11.8. The molecule has 0 radical (unpaired) electrons. The van der Waals surface area contributed by atoms with Gasteiger partial charge in [-0.15, -0.1) is 0 Å². The van der Waals surface area contributed by atoms with Gasteiger partial charge in [-0.05, 0) is 31.0 Å². The Bertz CT molecular complexity index is 506. The van der Waals surface area contributed by atoms with Crippen LogP contribution in [0.5, 0.6) is 0 Å². The van der Waals surface area contributed by atoms with Crippen molar-refractivity contribution in [3.8, 4) is 6.07 Å². The van der Waals surface area contributed by atoms with Crippen LogP contribution in [0, 0.1) is 11.3 Å². The molecule has 1 amide bonds. The van der Waals surface area contributed by atoms with Gasteiger partial charge in [-0.25, -0.2) is 0 Å². The van der Waals surface area contributed by atoms with Crippen LogP contribution < -0.4 is 5.32 Å². The largest absolute Gasteiger partial charge is 0.481 e. The monoisotopic (exact) mass is 274 g/mol.